The lowest BCUT2D eigenvalue weighted by Gasteiger charge is -2.35. The van der Waals surface area contributed by atoms with Gasteiger partial charge < -0.3 is 14.6 Å². The van der Waals surface area contributed by atoms with Crippen LogP contribution in [0.15, 0.2) is 146 Å². The Balaban J connectivity index is 1.25. The van der Waals surface area contributed by atoms with Gasteiger partial charge in [-0.15, -0.1) is 0 Å². The van der Waals surface area contributed by atoms with Crippen LogP contribution in [-0.4, -0.2) is 24.9 Å². The van der Waals surface area contributed by atoms with Gasteiger partial charge in [0.05, 0.1) is 19.8 Å². The van der Waals surface area contributed by atoms with Crippen LogP contribution in [0, 0.1) is 5.92 Å². The summed E-state index contributed by atoms with van der Waals surface area (Å²) in [6.45, 7) is 1.75. The van der Waals surface area contributed by atoms with E-state index in [0.29, 0.717) is 26.2 Å². The first-order valence-corrected chi connectivity index (χ1v) is 14.4. The molecule has 0 amide bonds. The first kappa shape index (κ1) is 28.5. The van der Waals surface area contributed by atoms with Gasteiger partial charge >= 0.3 is 0 Å². The van der Waals surface area contributed by atoms with Crippen molar-refractivity contribution in [3.63, 3.8) is 0 Å². The van der Waals surface area contributed by atoms with Crippen LogP contribution >= 0.6 is 0 Å². The molecule has 208 valence electrons. The molecule has 0 aromatic heterocycles. The lowest BCUT2D eigenvalue weighted by atomic mass is 9.80. The van der Waals surface area contributed by atoms with Crippen LogP contribution in [0.3, 0.4) is 0 Å². The van der Waals surface area contributed by atoms with Crippen LogP contribution in [0.4, 0.5) is 0 Å². The number of rotatable bonds is 14. The Morgan fingerprint density at radius 3 is 1.78 bits per heavy atom. The predicted octanol–water partition coefficient (Wildman–Crippen LogP) is 8.31. The molecule has 0 aliphatic rings. The molecule has 1 N–H and O–H groups in total. The fraction of sp³-hybridized carbons (Fsp3) is 0.211. The highest BCUT2D eigenvalue weighted by atomic mass is 16.5. The number of ether oxygens (including phenoxy) is 2. The number of hydrogen-bond acceptors (Lipinski definition) is 3. The van der Waals surface area contributed by atoms with Crippen molar-refractivity contribution in [1.82, 2.24) is 0 Å². The zero-order valence-electron chi connectivity index (χ0n) is 23.4. The van der Waals surface area contributed by atoms with Crippen molar-refractivity contribution in [2.24, 2.45) is 5.92 Å². The van der Waals surface area contributed by atoms with Gasteiger partial charge in [-0.3, -0.25) is 0 Å². The van der Waals surface area contributed by atoms with Gasteiger partial charge in [-0.25, -0.2) is 0 Å². The van der Waals surface area contributed by atoms with E-state index in [-0.39, 0.29) is 12.5 Å². The lowest BCUT2D eigenvalue weighted by molar-refractivity contribution is 0.0317. The maximum Gasteiger partial charge on any atom is 0.144 e. The van der Waals surface area contributed by atoms with E-state index >= 15 is 0 Å². The second-order valence-corrected chi connectivity index (χ2v) is 10.4. The van der Waals surface area contributed by atoms with Crippen LogP contribution in [0.2, 0.25) is 0 Å². The van der Waals surface area contributed by atoms with E-state index in [2.05, 4.69) is 127 Å². The molecule has 0 fully saturated rings. The minimum absolute atomic E-state index is 0.146. The smallest absolute Gasteiger partial charge is 0.144 e. The van der Waals surface area contributed by atoms with E-state index in [1.165, 1.54) is 10.8 Å². The van der Waals surface area contributed by atoms with Crippen molar-refractivity contribution in [3.8, 4) is 0 Å². The number of fused-ring (bicyclic) bond motifs is 1. The van der Waals surface area contributed by atoms with Gasteiger partial charge in [0.2, 0.25) is 0 Å². The third-order valence-corrected chi connectivity index (χ3v) is 7.55. The summed E-state index contributed by atoms with van der Waals surface area (Å²) in [5.41, 5.74) is 3.69. The summed E-state index contributed by atoms with van der Waals surface area (Å²) in [5.74, 6) is 0.235. The third-order valence-electron chi connectivity index (χ3n) is 7.55. The Hall–Kier alpha value is -4.02. The highest BCUT2D eigenvalue weighted by Crippen LogP contribution is 2.40. The topological polar surface area (TPSA) is 38.7 Å². The average Bonchev–Trinajstić information content (AvgIpc) is 3.04. The van der Waals surface area contributed by atoms with E-state index in [0.717, 1.165) is 28.7 Å². The molecular weight excluding hydrogens is 504 g/mol. The van der Waals surface area contributed by atoms with Crippen molar-refractivity contribution in [3.05, 3.63) is 168 Å². The third kappa shape index (κ3) is 7.20. The molecule has 41 heavy (non-hydrogen) atoms. The Morgan fingerprint density at radius 2 is 1.20 bits per heavy atom. The van der Waals surface area contributed by atoms with Gasteiger partial charge in [-0.1, -0.05) is 140 Å². The minimum atomic E-state index is -0.735. The van der Waals surface area contributed by atoms with Crippen molar-refractivity contribution in [2.75, 3.05) is 19.8 Å². The number of hydrogen-bond donors (Lipinski definition) is 1. The average molecular weight is 543 g/mol. The van der Waals surface area contributed by atoms with E-state index in [1.807, 2.05) is 18.2 Å². The highest BCUT2D eigenvalue weighted by molar-refractivity contribution is 5.82. The molecule has 3 nitrogen and oxygen atoms in total. The summed E-state index contributed by atoms with van der Waals surface area (Å²) in [7, 11) is 0. The van der Waals surface area contributed by atoms with E-state index < -0.39 is 5.60 Å². The molecule has 0 radical (unpaired) electrons. The molecule has 0 unspecified atom stereocenters. The SMILES string of the molecule is OCC[C@H](C/C=C/COC(c1ccccc1)(c1ccccc1)c1ccccc1)COCc1ccc2ccccc2c1. The zero-order chi connectivity index (χ0) is 28.2. The molecule has 3 heteroatoms. The second kappa shape index (κ2) is 14.6. The Kier molecular flexibility index (Phi) is 10.1. The fourth-order valence-electron chi connectivity index (χ4n) is 5.42. The predicted molar refractivity (Wildman–Crippen MR) is 168 cm³/mol. The lowest BCUT2D eigenvalue weighted by Crippen LogP contribution is -2.33. The number of allylic oxidation sites excluding steroid dienone is 1. The summed E-state index contributed by atoms with van der Waals surface area (Å²) in [4.78, 5) is 0. The van der Waals surface area contributed by atoms with Crippen molar-refractivity contribution in [2.45, 2.75) is 25.0 Å². The normalized spacial score (nSPS) is 12.6. The van der Waals surface area contributed by atoms with Crippen LogP contribution in [-0.2, 0) is 21.7 Å². The van der Waals surface area contributed by atoms with Crippen LogP contribution in [0.1, 0.15) is 35.1 Å². The summed E-state index contributed by atoms with van der Waals surface area (Å²) in [5, 5.41) is 12.1. The number of aliphatic hydroxyl groups excluding tert-OH is 1. The Bertz CT molecular complexity index is 1400. The van der Waals surface area contributed by atoms with Gasteiger partial charge in [0.1, 0.15) is 5.60 Å². The second-order valence-electron chi connectivity index (χ2n) is 10.4. The summed E-state index contributed by atoms with van der Waals surface area (Å²) >= 11 is 0. The molecule has 0 saturated carbocycles. The molecular formula is C38H38O3. The molecule has 0 bridgehead atoms. The first-order valence-electron chi connectivity index (χ1n) is 14.4. The first-order chi connectivity index (χ1) is 20.3. The molecule has 0 aliphatic carbocycles. The highest BCUT2D eigenvalue weighted by Gasteiger charge is 2.37. The minimum Gasteiger partial charge on any atom is -0.396 e. The van der Waals surface area contributed by atoms with Gasteiger partial charge in [-0.05, 0) is 57.9 Å². The number of benzene rings is 5. The molecule has 5 aromatic rings. The van der Waals surface area contributed by atoms with Gasteiger partial charge in [0.25, 0.3) is 0 Å². The molecule has 5 rings (SSSR count). The molecule has 0 aliphatic heterocycles. The summed E-state index contributed by atoms with van der Waals surface area (Å²) < 4.78 is 12.9. The molecule has 0 saturated heterocycles. The van der Waals surface area contributed by atoms with Crippen molar-refractivity contribution < 1.29 is 14.6 Å². The van der Waals surface area contributed by atoms with Crippen molar-refractivity contribution in [1.29, 1.82) is 0 Å². The Labute approximate surface area is 243 Å². The molecule has 0 spiro atoms. The number of aliphatic hydroxyl groups is 1. The van der Waals surface area contributed by atoms with Crippen LogP contribution in [0.25, 0.3) is 10.8 Å². The largest absolute Gasteiger partial charge is 0.396 e. The summed E-state index contributed by atoms with van der Waals surface area (Å²) in [6, 6.07) is 46.1. The van der Waals surface area contributed by atoms with E-state index in [9.17, 15) is 5.11 Å². The monoisotopic (exact) mass is 542 g/mol. The molecule has 1 atom stereocenters. The van der Waals surface area contributed by atoms with Crippen LogP contribution < -0.4 is 0 Å². The van der Waals surface area contributed by atoms with Gasteiger partial charge in [-0.2, -0.15) is 0 Å². The van der Waals surface area contributed by atoms with Gasteiger partial charge in [0, 0.05) is 6.61 Å². The Morgan fingerprint density at radius 1 is 0.634 bits per heavy atom. The van der Waals surface area contributed by atoms with Crippen LogP contribution in [0.5, 0.6) is 0 Å². The summed E-state index contributed by atoms with van der Waals surface area (Å²) in [6.07, 6.45) is 5.77. The van der Waals surface area contributed by atoms with E-state index in [1.54, 1.807) is 0 Å². The maximum atomic E-state index is 9.65. The maximum absolute atomic E-state index is 9.65. The van der Waals surface area contributed by atoms with Crippen molar-refractivity contribution >= 4 is 10.8 Å². The van der Waals surface area contributed by atoms with Gasteiger partial charge in [0.15, 0.2) is 0 Å². The fourth-order valence-corrected chi connectivity index (χ4v) is 5.42. The van der Waals surface area contributed by atoms with E-state index in [4.69, 9.17) is 9.47 Å². The molecule has 5 aromatic carbocycles. The standard InChI is InChI=1S/C38H38O3/c39-26-25-31(29-40-30-32-23-24-33-15-10-11-16-34(33)28-32)14-12-13-27-41-38(35-17-4-1-5-18-35,36-19-6-2-7-20-36)37-21-8-3-9-22-37/h1-13,15-24,28,31,39H,14,25-27,29-30H2/b13-12+/t31-/m0/s1. The molecule has 0 heterocycles. The quantitative estimate of drug-likeness (QED) is 0.113. The zero-order valence-corrected chi connectivity index (χ0v) is 23.4.